The van der Waals surface area contributed by atoms with Crippen molar-refractivity contribution in [2.45, 2.75) is 19.1 Å². The highest BCUT2D eigenvalue weighted by atomic mass is 35.5. The predicted octanol–water partition coefficient (Wildman–Crippen LogP) is 4.77. The molecule has 168 valence electrons. The van der Waals surface area contributed by atoms with Crippen LogP contribution in [0.1, 0.15) is 17.2 Å². The number of para-hydroxylation sites is 2. The van der Waals surface area contributed by atoms with Crippen molar-refractivity contribution < 1.29 is 14.4 Å². The maximum Gasteiger partial charge on any atom is 0.266 e. The molecule has 2 amide bonds. The second kappa shape index (κ2) is 8.21. The van der Waals surface area contributed by atoms with Crippen molar-refractivity contribution in [2.75, 3.05) is 29.0 Å². The molecule has 5 rings (SSSR count). The van der Waals surface area contributed by atoms with Crippen LogP contribution >= 0.6 is 11.6 Å². The summed E-state index contributed by atoms with van der Waals surface area (Å²) in [7, 11) is 3.95. The first-order valence-electron chi connectivity index (χ1n) is 10.8. The highest BCUT2D eigenvalue weighted by Crippen LogP contribution is 2.49. The SMILES string of the molecule is Cc1ccccc1N1O[C@@H]2C(=O)N(c3ccccc3Cl)C(=O)[C@H]2[C@@H]1c1ccc(N(C)C)cc1. The van der Waals surface area contributed by atoms with Gasteiger partial charge in [0.2, 0.25) is 5.91 Å². The number of benzene rings is 3. The Morgan fingerprint density at radius 3 is 2.12 bits per heavy atom. The van der Waals surface area contributed by atoms with Gasteiger partial charge in [0.15, 0.2) is 6.10 Å². The van der Waals surface area contributed by atoms with E-state index in [0.29, 0.717) is 10.7 Å². The Morgan fingerprint density at radius 2 is 1.48 bits per heavy atom. The van der Waals surface area contributed by atoms with E-state index in [9.17, 15) is 9.59 Å². The largest absolute Gasteiger partial charge is 0.378 e. The number of anilines is 3. The standard InChI is InChI=1S/C26H24ClN3O3/c1-16-8-4-6-10-20(16)30-23(17-12-14-18(15-13-17)28(2)3)22-24(33-30)26(32)29(25(22)31)21-11-7-5-9-19(21)27/h4-15,22-24H,1-3H3/t22-,23-,24-/m0/s1. The quantitative estimate of drug-likeness (QED) is 0.524. The molecule has 3 aromatic carbocycles. The van der Waals surface area contributed by atoms with Gasteiger partial charge >= 0.3 is 0 Å². The normalized spacial score (nSPS) is 22.1. The van der Waals surface area contributed by atoms with Gasteiger partial charge in [-0.15, -0.1) is 0 Å². The lowest BCUT2D eigenvalue weighted by molar-refractivity contribution is -0.126. The summed E-state index contributed by atoms with van der Waals surface area (Å²) in [6, 6.07) is 22.2. The van der Waals surface area contributed by atoms with Gasteiger partial charge < -0.3 is 4.90 Å². The number of carbonyl (C=O) groups is 2. The molecule has 0 N–H and O–H groups in total. The van der Waals surface area contributed by atoms with E-state index in [4.69, 9.17) is 16.4 Å². The van der Waals surface area contributed by atoms with E-state index in [-0.39, 0.29) is 5.91 Å². The third-order valence-electron chi connectivity index (χ3n) is 6.31. The zero-order valence-corrected chi connectivity index (χ0v) is 19.4. The number of rotatable bonds is 4. The lowest BCUT2D eigenvalue weighted by Crippen LogP contribution is -2.37. The second-order valence-electron chi connectivity index (χ2n) is 8.56. The average molecular weight is 462 g/mol. The van der Waals surface area contributed by atoms with Crippen LogP contribution in [0, 0.1) is 12.8 Å². The molecule has 0 unspecified atom stereocenters. The third kappa shape index (κ3) is 3.46. The summed E-state index contributed by atoms with van der Waals surface area (Å²) in [4.78, 5) is 36.6. The number of carbonyl (C=O) groups excluding carboxylic acids is 2. The summed E-state index contributed by atoms with van der Waals surface area (Å²) in [5.41, 5.74) is 4.16. The third-order valence-corrected chi connectivity index (χ3v) is 6.63. The van der Waals surface area contributed by atoms with E-state index in [0.717, 1.165) is 22.5 Å². The zero-order valence-electron chi connectivity index (χ0n) is 18.6. The van der Waals surface area contributed by atoms with Gasteiger partial charge in [-0.2, -0.15) is 0 Å². The Balaban J connectivity index is 1.60. The monoisotopic (exact) mass is 461 g/mol. The van der Waals surface area contributed by atoms with E-state index >= 15 is 0 Å². The van der Waals surface area contributed by atoms with Crippen LogP contribution in [0.25, 0.3) is 0 Å². The lowest BCUT2D eigenvalue weighted by atomic mass is 9.90. The highest BCUT2D eigenvalue weighted by molar-refractivity contribution is 6.36. The highest BCUT2D eigenvalue weighted by Gasteiger charge is 2.60. The fourth-order valence-electron chi connectivity index (χ4n) is 4.61. The van der Waals surface area contributed by atoms with Gasteiger partial charge in [-0.1, -0.05) is 54.1 Å². The first-order valence-corrected chi connectivity index (χ1v) is 11.2. The molecule has 2 saturated heterocycles. The number of fused-ring (bicyclic) bond motifs is 1. The molecule has 0 bridgehead atoms. The predicted molar refractivity (Wildman–Crippen MR) is 129 cm³/mol. The molecule has 0 spiro atoms. The average Bonchev–Trinajstić information content (AvgIpc) is 3.31. The molecule has 6 nitrogen and oxygen atoms in total. The molecule has 0 aliphatic carbocycles. The number of imide groups is 1. The van der Waals surface area contributed by atoms with Crippen molar-refractivity contribution in [3.8, 4) is 0 Å². The van der Waals surface area contributed by atoms with Crippen LogP contribution in [0.4, 0.5) is 17.1 Å². The molecule has 2 heterocycles. The van der Waals surface area contributed by atoms with Crippen molar-refractivity contribution in [1.82, 2.24) is 0 Å². The van der Waals surface area contributed by atoms with E-state index < -0.39 is 24.0 Å². The van der Waals surface area contributed by atoms with Gasteiger partial charge in [0, 0.05) is 19.8 Å². The minimum Gasteiger partial charge on any atom is -0.378 e. The number of hydrogen-bond donors (Lipinski definition) is 0. The Hall–Kier alpha value is -3.35. The smallest absolute Gasteiger partial charge is 0.266 e. The summed E-state index contributed by atoms with van der Waals surface area (Å²) < 4.78 is 0. The number of halogens is 1. The molecule has 2 fully saturated rings. The maximum atomic E-state index is 13.7. The van der Waals surface area contributed by atoms with Gasteiger partial charge in [0.1, 0.15) is 5.92 Å². The van der Waals surface area contributed by atoms with Crippen molar-refractivity contribution >= 4 is 40.5 Å². The topological polar surface area (TPSA) is 53.1 Å². The van der Waals surface area contributed by atoms with E-state index in [1.54, 1.807) is 29.3 Å². The minimum absolute atomic E-state index is 0.309. The Bertz CT molecular complexity index is 1230. The van der Waals surface area contributed by atoms with Gasteiger partial charge in [-0.25, -0.2) is 9.96 Å². The first kappa shape index (κ1) is 21.5. The van der Waals surface area contributed by atoms with Gasteiger partial charge in [-0.3, -0.25) is 14.4 Å². The summed E-state index contributed by atoms with van der Waals surface area (Å²) in [5.74, 6) is -1.40. The number of hydroxylamine groups is 1. The van der Waals surface area contributed by atoms with Crippen molar-refractivity contribution in [3.63, 3.8) is 0 Å². The second-order valence-corrected chi connectivity index (χ2v) is 8.97. The zero-order chi connectivity index (χ0) is 23.3. The first-order chi connectivity index (χ1) is 15.9. The van der Waals surface area contributed by atoms with Gasteiger partial charge in [0.05, 0.1) is 22.4 Å². The van der Waals surface area contributed by atoms with Crippen molar-refractivity contribution in [2.24, 2.45) is 5.92 Å². The van der Waals surface area contributed by atoms with Crippen LogP contribution in [-0.4, -0.2) is 32.0 Å². The van der Waals surface area contributed by atoms with E-state index in [1.165, 1.54) is 4.90 Å². The molecule has 3 atom stereocenters. The van der Waals surface area contributed by atoms with Crippen LogP contribution in [0.5, 0.6) is 0 Å². The van der Waals surface area contributed by atoms with Crippen LogP contribution in [0.15, 0.2) is 72.8 Å². The van der Waals surface area contributed by atoms with E-state index in [1.807, 2.05) is 74.4 Å². The number of amides is 2. The Labute approximate surface area is 197 Å². The number of hydrogen-bond acceptors (Lipinski definition) is 5. The molecular weight excluding hydrogens is 438 g/mol. The summed E-state index contributed by atoms with van der Waals surface area (Å²) in [5, 5.41) is 2.08. The van der Waals surface area contributed by atoms with E-state index in [2.05, 4.69) is 0 Å². The molecule has 33 heavy (non-hydrogen) atoms. The molecule has 2 aliphatic rings. The maximum absolute atomic E-state index is 13.7. The Morgan fingerprint density at radius 1 is 0.848 bits per heavy atom. The minimum atomic E-state index is -0.924. The van der Waals surface area contributed by atoms with Crippen LogP contribution < -0.4 is 14.9 Å². The van der Waals surface area contributed by atoms with Gasteiger partial charge in [0.25, 0.3) is 5.91 Å². The molecule has 0 saturated carbocycles. The van der Waals surface area contributed by atoms with Crippen LogP contribution in [0.2, 0.25) is 5.02 Å². The Kier molecular flexibility index (Phi) is 5.35. The summed E-state index contributed by atoms with van der Waals surface area (Å²) >= 11 is 6.34. The molecule has 0 radical (unpaired) electrons. The molecular formula is C26H24ClN3O3. The van der Waals surface area contributed by atoms with Gasteiger partial charge in [-0.05, 0) is 48.4 Å². The summed E-state index contributed by atoms with van der Waals surface area (Å²) in [6.07, 6.45) is -0.924. The van der Waals surface area contributed by atoms with Crippen LogP contribution in [-0.2, 0) is 14.4 Å². The molecule has 3 aromatic rings. The lowest BCUT2D eigenvalue weighted by Gasteiger charge is -2.30. The summed E-state index contributed by atoms with van der Waals surface area (Å²) in [6.45, 7) is 1.98. The molecule has 2 aliphatic heterocycles. The van der Waals surface area contributed by atoms with Crippen molar-refractivity contribution in [3.05, 3.63) is 88.9 Å². The van der Waals surface area contributed by atoms with Crippen molar-refractivity contribution in [1.29, 1.82) is 0 Å². The fraction of sp³-hybridized carbons (Fsp3) is 0.231. The molecule has 7 heteroatoms. The number of aryl methyl sites for hydroxylation is 1. The fourth-order valence-corrected chi connectivity index (χ4v) is 4.83. The molecule has 0 aromatic heterocycles. The number of nitrogens with zero attached hydrogens (tertiary/aromatic N) is 3. The van der Waals surface area contributed by atoms with Crippen LogP contribution in [0.3, 0.4) is 0 Å².